The number of carbonyl (C=O) groups is 2. The molecule has 1 aromatic carbocycles. The molecule has 0 radical (unpaired) electrons. The van der Waals surface area contributed by atoms with E-state index in [0.717, 1.165) is 0 Å². The van der Waals surface area contributed by atoms with E-state index in [1.165, 1.54) is 18.2 Å². The Balaban J connectivity index is 2.22. The van der Waals surface area contributed by atoms with E-state index in [1.54, 1.807) is 0 Å². The van der Waals surface area contributed by atoms with E-state index < -0.39 is 10.5 Å². The van der Waals surface area contributed by atoms with Crippen molar-refractivity contribution in [2.24, 2.45) is 0 Å². The van der Waals surface area contributed by atoms with Crippen LogP contribution >= 0.6 is 23.2 Å². The maximum absolute atomic E-state index is 11.1. The van der Waals surface area contributed by atoms with Crippen LogP contribution in [0.1, 0.15) is 20.7 Å². The first-order valence-corrected chi connectivity index (χ1v) is 5.61. The Morgan fingerprint density at radius 2 is 1.76 bits per heavy atom. The van der Waals surface area contributed by atoms with Crippen molar-refractivity contribution in [2.75, 3.05) is 13.2 Å². The quantitative estimate of drug-likeness (QED) is 0.610. The van der Waals surface area contributed by atoms with Gasteiger partial charge in [-0.25, -0.2) is 0 Å². The van der Waals surface area contributed by atoms with E-state index in [2.05, 4.69) is 0 Å². The molecular formula is C11H8Cl2O4. The van der Waals surface area contributed by atoms with Gasteiger partial charge >= 0.3 is 0 Å². The van der Waals surface area contributed by atoms with Crippen LogP contribution in [0.15, 0.2) is 18.2 Å². The highest BCUT2D eigenvalue weighted by molar-refractivity contribution is 6.69. The third-order valence-corrected chi connectivity index (χ3v) is 2.64. The predicted molar refractivity (Wildman–Crippen MR) is 62.0 cm³/mol. The van der Waals surface area contributed by atoms with Crippen LogP contribution < -0.4 is 4.74 Å². The molecule has 0 amide bonds. The first-order chi connectivity index (χ1) is 8.06. The lowest BCUT2D eigenvalue weighted by atomic mass is 10.1. The summed E-state index contributed by atoms with van der Waals surface area (Å²) in [6.45, 7) is 1.03. The number of hydrogen-bond donors (Lipinski definition) is 0. The Bertz CT molecular complexity index is 436. The lowest BCUT2D eigenvalue weighted by molar-refractivity contribution is 0.108. The number of ether oxygens (including phenoxy) is 2. The second kappa shape index (κ2) is 5.04. The highest BCUT2D eigenvalue weighted by atomic mass is 35.5. The molecule has 1 saturated heterocycles. The molecule has 1 unspecified atom stereocenters. The van der Waals surface area contributed by atoms with E-state index >= 15 is 0 Å². The highest BCUT2D eigenvalue weighted by Crippen LogP contribution is 2.21. The van der Waals surface area contributed by atoms with Gasteiger partial charge in [0.25, 0.3) is 10.5 Å². The molecule has 1 fully saturated rings. The molecule has 90 valence electrons. The van der Waals surface area contributed by atoms with Gasteiger partial charge in [-0.1, -0.05) is 0 Å². The van der Waals surface area contributed by atoms with Gasteiger partial charge in [-0.2, -0.15) is 0 Å². The van der Waals surface area contributed by atoms with E-state index in [4.69, 9.17) is 32.7 Å². The summed E-state index contributed by atoms with van der Waals surface area (Å²) in [5.41, 5.74) is 0.342. The number of halogens is 2. The standard InChI is InChI=1S/C11H8Cl2O4/c12-10(14)6-1-7(11(13)15)3-8(2-6)16-4-9-5-17-9/h1-3,9H,4-5H2. The molecule has 1 heterocycles. The maximum Gasteiger partial charge on any atom is 0.252 e. The van der Waals surface area contributed by atoms with Gasteiger partial charge in [0.05, 0.1) is 6.61 Å². The maximum atomic E-state index is 11.1. The Morgan fingerprint density at radius 3 is 2.18 bits per heavy atom. The highest BCUT2D eigenvalue weighted by Gasteiger charge is 2.23. The Kier molecular flexibility index (Phi) is 3.66. The van der Waals surface area contributed by atoms with Crippen molar-refractivity contribution in [1.29, 1.82) is 0 Å². The molecule has 1 aliphatic heterocycles. The minimum Gasteiger partial charge on any atom is -0.491 e. The number of epoxide rings is 1. The normalized spacial score (nSPS) is 17.6. The molecule has 2 rings (SSSR count). The fourth-order valence-electron chi connectivity index (χ4n) is 1.26. The predicted octanol–water partition coefficient (Wildman–Crippen LogP) is 2.22. The molecular weight excluding hydrogens is 267 g/mol. The zero-order chi connectivity index (χ0) is 12.4. The van der Waals surface area contributed by atoms with Crippen molar-refractivity contribution in [2.45, 2.75) is 6.10 Å². The Labute approximate surface area is 107 Å². The molecule has 1 atom stereocenters. The van der Waals surface area contributed by atoms with Gasteiger partial charge in [0.15, 0.2) is 0 Å². The summed E-state index contributed by atoms with van der Waals surface area (Å²) in [6, 6.07) is 4.24. The molecule has 17 heavy (non-hydrogen) atoms. The molecule has 1 aromatic rings. The summed E-state index contributed by atoms with van der Waals surface area (Å²) in [7, 11) is 0. The monoisotopic (exact) mass is 274 g/mol. The number of benzene rings is 1. The van der Waals surface area contributed by atoms with Gasteiger partial charge in [0, 0.05) is 11.1 Å². The lowest BCUT2D eigenvalue weighted by Crippen LogP contribution is -2.05. The van der Waals surface area contributed by atoms with E-state index in [-0.39, 0.29) is 17.2 Å². The van der Waals surface area contributed by atoms with Crippen LogP contribution in [-0.2, 0) is 4.74 Å². The molecule has 0 aliphatic carbocycles. The van der Waals surface area contributed by atoms with Crippen molar-refractivity contribution in [3.8, 4) is 5.75 Å². The minimum absolute atomic E-state index is 0.0838. The average molecular weight is 275 g/mol. The molecule has 1 aliphatic rings. The molecule has 0 saturated carbocycles. The van der Waals surface area contributed by atoms with Crippen LogP contribution in [0.5, 0.6) is 5.75 Å². The van der Waals surface area contributed by atoms with E-state index in [0.29, 0.717) is 19.0 Å². The first-order valence-electron chi connectivity index (χ1n) is 4.85. The second-order valence-electron chi connectivity index (χ2n) is 3.56. The largest absolute Gasteiger partial charge is 0.491 e. The zero-order valence-corrected chi connectivity index (χ0v) is 10.1. The fourth-order valence-corrected chi connectivity index (χ4v) is 1.48. The number of rotatable bonds is 5. The second-order valence-corrected chi connectivity index (χ2v) is 4.25. The van der Waals surface area contributed by atoms with Crippen molar-refractivity contribution in [1.82, 2.24) is 0 Å². The average Bonchev–Trinajstić information content (AvgIpc) is 3.09. The SMILES string of the molecule is O=C(Cl)c1cc(OCC2CO2)cc(C(=O)Cl)c1. The summed E-state index contributed by atoms with van der Waals surface area (Å²) in [5, 5.41) is -1.34. The molecule has 0 aromatic heterocycles. The Morgan fingerprint density at radius 1 is 1.24 bits per heavy atom. The summed E-state index contributed by atoms with van der Waals surface area (Å²) in [6.07, 6.45) is 0.0838. The van der Waals surface area contributed by atoms with Gasteiger partial charge in [0.1, 0.15) is 18.5 Å². The van der Waals surface area contributed by atoms with E-state index in [9.17, 15) is 9.59 Å². The first kappa shape index (κ1) is 12.4. The molecule has 0 bridgehead atoms. The van der Waals surface area contributed by atoms with Crippen LogP contribution in [0.25, 0.3) is 0 Å². The summed E-state index contributed by atoms with van der Waals surface area (Å²) in [4.78, 5) is 22.1. The van der Waals surface area contributed by atoms with Crippen molar-refractivity contribution < 1.29 is 19.1 Å². The van der Waals surface area contributed by atoms with Gasteiger partial charge in [-0.15, -0.1) is 0 Å². The van der Waals surface area contributed by atoms with Crippen molar-refractivity contribution in [3.05, 3.63) is 29.3 Å². The smallest absolute Gasteiger partial charge is 0.252 e. The van der Waals surface area contributed by atoms with Crippen molar-refractivity contribution >= 4 is 33.7 Å². The lowest BCUT2D eigenvalue weighted by Gasteiger charge is -2.06. The topological polar surface area (TPSA) is 55.9 Å². The minimum atomic E-state index is -0.669. The van der Waals surface area contributed by atoms with Crippen LogP contribution in [0.2, 0.25) is 0 Å². The fraction of sp³-hybridized carbons (Fsp3) is 0.273. The van der Waals surface area contributed by atoms with Crippen LogP contribution in [-0.4, -0.2) is 29.8 Å². The summed E-state index contributed by atoms with van der Waals surface area (Å²) in [5.74, 6) is 0.371. The van der Waals surface area contributed by atoms with Crippen LogP contribution in [0, 0.1) is 0 Å². The van der Waals surface area contributed by atoms with E-state index in [1.807, 2.05) is 0 Å². The number of carbonyl (C=O) groups excluding carboxylic acids is 2. The molecule has 0 spiro atoms. The van der Waals surface area contributed by atoms with Crippen molar-refractivity contribution in [3.63, 3.8) is 0 Å². The van der Waals surface area contributed by atoms with Gasteiger partial charge in [0.2, 0.25) is 0 Å². The third-order valence-electron chi connectivity index (χ3n) is 2.20. The van der Waals surface area contributed by atoms with Gasteiger partial charge in [-0.3, -0.25) is 9.59 Å². The summed E-state index contributed by atoms with van der Waals surface area (Å²) < 4.78 is 10.3. The Hall–Kier alpha value is -1.10. The zero-order valence-electron chi connectivity index (χ0n) is 8.61. The molecule has 6 heteroatoms. The van der Waals surface area contributed by atoms with Crippen LogP contribution in [0.4, 0.5) is 0 Å². The third kappa shape index (κ3) is 3.43. The summed E-state index contributed by atoms with van der Waals surface area (Å²) >= 11 is 10.7. The van der Waals surface area contributed by atoms with Gasteiger partial charge in [-0.05, 0) is 41.4 Å². The number of hydrogen-bond acceptors (Lipinski definition) is 4. The molecule has 0 N–H and O–H groups in total. The van der Waals surface area contributed by atoms with Gasteiger partial charge < -0.3 is 9.47 Å². The van der Waals surface area contributed by atoms with Crippen LogP contribution in [0.3, 0.4) is 0 Å². The molecule has 4 nitrogen and oxygen atoms in total.